The van der Waals surface area contributed by atoms with Gasteiger partial charge < -0.3 is 14.4 Å². The number of para-hydroxylation sites is 1. The number of halogens is 1. The number of nitrogens with zero attached hydrogens (tertiary/aromatic N) is 2. The number of Topliss-reactive ketones (excluding diaryl/α,β-unsaturated/α-hetero) is 1. The smallest absolute Gasteiger partial charge is 0.300 e. The van der Waals surface area contributed by atoms with E-state index in [1.165, 1.54) is 4.90 Å². The predicted molar refractivity (Wildman–Crippen MR) is 151 cm³/mol. The van der Waals surface area contributed by atoms with Crippen LogP contribution in [0.3, 0.4) is 0 Å². The predicted octanol–water partition coefficient (Wildman–Crippen LogP) is 6.90. The number of fused-ring (bicyclic) bond motifs is 1. The maximum absolute atomic E-state index is 13.7. The number of benzene rings is 3. The van der Waals surface area contributed by atoms with Crippen LogP contribution in [-0.2, 0) is 16.6 Å². The molecule has 1 unspecified atom stereocenters. The summed E-state index contributed by atoms with van der Waals surface area (Å²) in [5, 5.41) is 13.1. The summed E-state index contributed by atoms with van der Waals surface area (Å²) in [7, 11) is 3.52. The van der Waals surface area contributed by atoms with Crippen LogP contribution in [0.15, 0.2) is 72.4 Å². The lowest BCUT2D eigenvalue weighted by molar-refractivity contribution is -0.132. The van der Waals surface area contributed by atoms with Crippen molar-refractivity contribution in [1.29, 1.82) is 0 Å². The minimum Gasteiger partial charge on any atom is -0.507 e. The van der Waals surface area contributed by atoms with Crippen molar-refractivity contribution >= 4 is 45.6 Å². The monoisotopic (exact) mass is 528 g/mol. The van der Waals surface area contributed by atoms with Crippen molar-refractivity contribution in [2.75, 3.05) is 12.0 Å². The molecule has 2 heterocycles. The van der Waals surface area contributed by atoms with Gasteiger partial charge in [-0.15, -0.1) is 0 Å². The molecule has 5 rings (SSSR count). The highest BCUT2D eigenvalue weighted by Gasteiger charge is 2.48. The molecule has 0 aliphatic carbocycles. The molecule has 1 fully saturated rings. The molecule has 1 amide bonds. The van der Waals surface area contributed by atoms with Crippen molar-refractivity contribution in [1.82, 2.24) is 4.57 Å². The first-order valence-corrected chi connectivity index (χ1v) is 12.8. The largest absolute Gasteiger partial charge is 0.507 e. The molecule has 0 radical (unpaired) electrons. The Morgan fingerprint density at radius 2 is 1.79 bits per heavy atom. The van der Waals surface area contributed by atoms with E-state index in [4.69, 9.17) is 16.3 Å². The Kier molecular flexibility index (Phi) is 6.53. The van der Waals surface area contributed by atoms with Crippen molar-refractivity contribution in [2.45, 2.75) is 32.7 Å². The summed E-state index contributed by atoms with van der Waals surface area (Å²) in [5.74, 6) is -0.865. The number of carbonyl (C=O) groups excluding carboxylic acids is 2. The highest BCUT2D eigenvalue weighted by Crippen LogP contribution is 2.45. The molecular formula is C31H29ClN2O4. The number of aromatic nitrogens is 1. The molecule has 6 nitrogen and oxygen atoms in total. The van der Waals surface area contributed by atoms with Gasteiger partial charge in [0.05, 0.1) is 18.7 Å². The van der Waals surface area contributed by atoms with Crippen LogP contribution in [0.2, 0.25) is 5.02 Å². The van der Waals surface area contributed by atoms with Crippen LogP contribution in [0.1, 0.15) is 48.1 Å². The van der Waals surface area contributed by atoms with Crippen LogP contribution in [-0.4, -0.2) is 28.5 Å². The van der Waals surface area contributed by atoms with Gasteiger partial charge in [-0.05, 0) is 60.4 Å². The number of methoxy groups -OCH3 is 1. The molecule has 1 aliphatic heterocycles. The number of hydrogen-bond donors (Lipinski definition) is 1. The second-order valence-corrected chi connectivity index (χ2v) is 10.4. The number of amides is 1. The number of aliphatic hydroxyl groups is 1. The van der Waals surface area contributed by atoms with E-state index in [0.717, 1.165) is 27.6 Å². The molecule has 0 saturated carbocycles. The normalized spacial score (nSPS) is 17.1. The lowest BCUT2D eigenvalue weighted by atomic mass is 9.91. The summed E-state index contributed by atoms with van der Waals surface area (Å²) in [5.41, 5.74) is 4.31. The number of aliphatic hydroxyl groups excluding tert-OH is 1. The third-order valence-corrected chi connectivity index (χ3v) is 7.44. The van der Waals surface area contributed by atoms with E-state index < -0.39 is 17.7 Å². The average molecular weight is 529 g/mol. The second kappa shape index (κ2) is 9.69. The number of hydrogen-bond acceptors (Lipinski definition) is 4. The van der Waals surface area contributed by atoms with Crippen molar-refractivity contribution in [2.24, 2.45) is 7.05 Å². The second-order valence-electron chi connectivity index (χ2n) is 9.93. The molecule has 194 valence electrons. The molecular weight excluding hydrogens is 500 g/mol. The van der Waals surface area contributed by atoms with E-state index in [2.05, 4.69) is 0 Å². The average Bonchev–Trinajstić information content (AvgIpc) is 3.36. The van der Waals surface area contributed by atoms with Crippen molar-refractivity contribution in [3.8, 4) is 5.75 Å². The van der Waals surface area contributed by atoms with E-state index >= 15 is 0 Å². The van der Waals surface area contributed by atoms with Gasteiger partial charge in [-0.1, -0.05) is 49.7 Å². The van der Waals surface area contributed by atoms with Crippen molar-refractivity contribution in [3.05, 3.63) is 99.7 Å². The molecule has 4 aromatic rings. The molecule has 1 saturated heterocycles. The molecule has 7 heteroatoms. The number of ketones is 1. The Labute approximate surface area is 226 Å². The summed E-state index contributed by atoms with van der Waals surface area (Å²) >= 11 is 6.29. The first-order chi connectivity index (χ1) is 18.1. The fourth-order valence-corrected chi connectivity index (χ4v) is 5.52. The Morgan fingerprint density at radius 3 is 2.47 bits per heavy atom. The third-order valence-electron chi connectivity index (χ3n) is 7.21. The summed E-state index contributed by atoms with van der Waals surface area (Å²) in [4.78, 5) is 28.7. The number of rotatable bonds is 5. The lowest BCUT2D eigenvalue weighted by Crippen LogP contribution is -2.29. The van der Waals surface area contributed by atoms with Crippen molar-refractivity contribution in [3.63, 3.8) is 0 Å². The fourth-order valence-electron chi connectivity index (χ4n) is 5.34. The minimum atomic E-state index is -0.858. The lowest BCUT2D eigenvalue weighted by Gasteiger charge is -2.25. The Hall–Kier alpha value is -4.03. The van der Waals surface area contributed by atoms with Gasteiger partial charge in [-0.2, -0.15) is 0 Å². The molecule has 38 heavy (non-hydrogen) atoms. The summed E-state index contributed by atoms with van der Waals surface area (Å²) in [6.45, 7) is 5.91. The molecule has 3 aromatic carbocycles. The topological polar surface area (TPSA) is 71.8 Å². The highest BCUT2D eigenvalue weighted by molar-refractivity contribution is 6.52. The highest BCUT2D eigenvalue weighted by atomic mass is 35.5. The fraction of sp³-hybridized carbons (Fsp3) is 0.226. The van der Waals surface area contributed by atoms with Gasteiger partial charge in [-0.3, -0.25) is 14.5 Å². The zero-order chi connectivity index (χ0) is 27.3. The standard InChI is InChI=1S/C31H29ClN2O4/c1-17(2)22-15-23(18(3)13-26(22)38-5)29(35)27-28(24-16-33(4)25-12-7-6-11-21(24)25)34(31(37)30(27)36)20-10-8-9-19(32)14-20/h6-17,28,35H,1-5H3/b29-27+. The molecule has 1 atom stereocenters. The summed E-state index contributed by atoms with van der Waals surface area (Å²) in [6, 6.07) is 17.5. The maximum atomic E-state index is 13.7. The van der Waals surface area contributed by atoms with Crippen LogP contribution in [0.4, 0.5) is 5.69 Å². The van der Waals surface area contributed by atoms with E-state index in [9.17, 15) is 14.7 Å². The van der Waals surface area contributed by atoms with Crippen molar-refractivity contribution < 1.29 is 19.4 Å². The van der Waals surface area contributed by atoms with Crippen LogP contribution in [0, 0.1) is 6.92 Å². The Balaban J connectivity index is 1.83. The Morgan fingerprint density at radius 1 is 1.05 bits per heavy atom. The SMILES string of the molecule is COc1cc(C)c(/C(O)=C2\C(=O)C(=O)N(c3cccc(Cl)c3)C2c2cn(C)c3ccccc23)cc1C(C)C. The van der Waals surface area contributed by atoms with E-state index in [1.807, 2.05) is 75.0 Å². The van der Waals surface area contributed by atoms with Crippen LogP contribution >= 0.6 is 11.6 Å². The molecule has 1 aliphatic rings. The number of carbonyl (C=O) groups is 2. The number of aryl methyl sites for hydroxylation is 2. The Bertz CT molecular complexity index is 1630. The minimum absolute atomic E-state index is 0.0364. The first-order valence-electron chi connectivity index (χ1n) is 12.4. The van der Waals surface area contributed by atoms with Gasteiger partial charge in [0.25, 0.3) is 11.7 Å². The van der Waals surface area contributed by atoms with Gasteiger partial charge in [0.2, 0.25) is 0 Å². The maximum Gasteiger partial charge on any atom is 0.300 e. The molecule has 1 N–H and O–H groups in total. The first kappa shape index (κ1) is 25.6. The molecule has 0 spiro atoms. The molecule has 1 aromatic heterocycles. The van der Waals surface area contributed by atoms with E-state index in [-0.39, 0.29) is 17.3 Å². The quantitative estimate of drug-likeness (QED) is 0.174. The van der Waals surface area contributed by atoms with Crippen LogP contribution < -0.4 is 9.64 Å². The third kappa shape index (κ3) is 4.05. The summed E-state index contributed by atoms with van der Waals surface area (Å²) in [6.07, 6.45) is 1.91. The van der Waals surface area contributed by atoms with Gasteiger partial charge in [0.15, 0.2) is 0 Å². The van der Waals surface area contributed by atoms with Gasteiger partial charge >= 0.3 is 0 Å². The van der Waals surface area contributed by atoms with E-state index in [0.29, 0.717) is 22.0 Å². The van der Waals surface area contributed by atoms with Gasteiger partial charge in [0, 0.05) is 46.0 Å². The zero-order valence-electron chi connectivity index (χ0n) is 21.9. The summed E-state index contributed by atoms with van der Waals surface area (Å²) < 4.78 is 7.53. The van der Waals surface area contributed by atoms with Gasteiger partial charge in [-0.25, -0.2) is 0 Å². The molecule has 0 bridgehead atoms. The van der Waals surface area contributed by atoms with Crippen LogP contribution in [0.5, 0.6) is 5.75 Å². The van der Waals surface area contributed by atoms with Crippen LogP contribution in [0.25, 0.3) is 16.7 Å². The number of ether oxygens (including phenoxy) is 1. The van der Waals surface area contributed by atoms with Gasteiger partial charge in [0.1, 0.15) is 11.5 Å². The number of anilines is 1. The zero-order valence-corrected chi connectivity index (χ0v) is 22.7. The van der Waals surface area contributed by atoms with E-state index in [1.54, 1.807) is 31.4 Å².